The molecule has 0 saturated heterocycles. The fourth-order valence-electron chi connectivity index (χ4n) is 1.84. The maximum Gasteiger partial charge on any atom is 0.182 e. The molecule has 0 bridgehead atoms. The molecule has 1 heterocycles. The van der Waals surface area contributed by atoms with Crippen LogP contribution in [-0.4, -0.2) is 33.4 Å². The SMILES string of the molecule is CC(C)COCCn1nnnc1-c1cc(N)cc(N)c1. The van der Waals surface area contributed by atoms with Gasteiger partial charge in [0.15, 0.2) is 5.82 Å². The van der Waals surface area contributed by atoms with Crippen molar-refractivity contribution in [2.75, 3.05) is 24.7 Å². The van der Waals surface area contributed by atoms with Gasteiger partial charge in [-0.2, -0.15) is 0 Å². The van der Waals surface area contributed by atoms with Crippen LogP contribution in [0, 0.1) is 5.92 Å². The average molecular weight is 276 g/mol. The van der Waals surface area contributed by atoms with E-state index in [0.717, 1.165) is 12.2 Å². The van der Waals surface area contributed by atoms with Crippen molar-refractivity contribution in [1.29, 1.82) is 0 Å². The van der Waals surface area contributed by atoms with Crippen molar-refractivity contribution in [3.05, 3.63) is 18.2 Å². The highest BCUT2D eigenvalue weighted by molar-refractivity contribution is 5.67. The molecule has 0 amide bonds. The third-order valence-electron chi connectivity index (χ3n) is 2.67. The van der Waals surface area contributed by atoms with Crippen LogP contribution in [-0.2, 0) is 11.3 Å². The maximum atomic E-state index is 5.79. The molecule has 0 spiro atoms. The molecule has 0 aliphatic carbocycles. The van der Waals surface area contributed by atoms with Crippen LogP contribution in [0.4, 0.5) is 11.4 Å². The Morgan fingerprint density at radius 2 is 1.90 bits per heavy atom. The maximum absolute atomic E-state index is 5.79. The van der Waals surface area contributed by atoms with Gasteiger partial charge in [-0.3, -0.25) is 0 Å². The number of aromatic nitrogens is 4. The quantitative estimate of drug-likeness (QED) is 0.606. The first kappa shape index (κ1) is 14.3. The van der Waals surface area contributed by atoms with Crippen molar-refractivity contribution in [2.45, 2.75) is 20.4 Å². The Morgan fingerprint density at radius 3 is 2.55 bits per heavy atom. The zero-order valence-electron chi connectivity index (χ0n) is 11.8. The van der Waals surface area contributed by atoms with Gasteiger partial charge in [0, 0.05) is 23.5 Å². The van der Waals surface area contributed by atoms with Crippen LogP contribution in [0.15, 0.2) is 18.2 Å². The van der Waals surface area contributed by atoms with Crippen LogP contribution < -0.4 is 11.5 Å². The van der Waals surface area contributed by atoms with Gasteiger partial charge in [-0.1, -0.05) is 13.8 Å². The largest absolute Gasteiger partial charge is 0.399 e. The molecule has 4 N–H and O–H groups in total. The van der Waals surface area contributed by atoms with E-state index in [-0.39, 0.29) is 0 Å². The van der Waals surface area contributed by atoms with E-state index < -0.39 is 0 Å². The fraction of sp³-hybridized carbons (Fsp3) is 0.462. The molecule has 0 fully saturated rings. The van der Waals surface area contributed by atoms with E-state index >= 15 is 0 Å². The van der Waals surface area contributed by atoms with Crippen molar-refractivity contribution in [1.82, 2.24) is 20.2 Å². The molecule has 2 aromatic rings. The van der Waals surface area contributed by atoms with E-state index in [1.807, 2.05) is 0 Å². The van der Waals surface area contributed by atoms with Gasteiger partial charge in [-0.25, -0.2) is 4.68 Å². The summed E-state index contributed by atoms with van der Waals surface area (Å²) in [4.78, 5) is 0. The molecule has 108 valence electrons. The van der Waals surface area contributed by atoms with Crippen molar-refractivity contribution in [3.8, 4) is 11.4 Å². The van der Waals surface area contributed by atoms with Crippen LogP contribution in [0.25, 0.3) is 11.4 Å². The lowest BCUT2D eigenvalue weighted by Gasteiger charge is -2.08. The summed E-state index contributed by atoms with van der Waals surface area (Å²) in [6, 6.07) is 5.30. The average Bonchev–Trinajstić information content (AvgIpc) is 2.81. The van der Waals surface area contributed by atoms with E-state index in [0.29, 0.717) is 36.3 Å². The molecule has 0 saturated carbocycles. The summed E-state index contributed by atoms with van der Waals surface area (Å²) in [5.41, 5.74) is 13.6. The highest BCUT2D eigenvalue weighted by atomic mass is 16.5. The second-order valence-corrected chi connectivity index (χ2v) is 5.08. The normalized spacial score (nSPS) is 11.2. The van der Waals surface area contributed by atoms with Gasteiger partial charge in [0.05, 0.1) is 13.2 Å². The summed E-state index contributed by atoms with van der Waals surface area (Å²) >= 11 is 0. The lowest BCUT2D eigenvalue weighted by atomic mass is 10.1. The summed E-state index contributed by atoms with van der Waals surface area (Å²) in [6.45, 7) is 6.09. The number of benzene rings is 1. The Labute approximate surface area is 117 Å². The third kappa shape index (κ3) is 3.67. The highest BCUT2D eigenvalue weighted by Crippen LogP contribution is 2.22. The summed E-state index contributed by atoms with van der Waals surface area (Å²) in [6.07, 6.45) is 0. The number of hydrogen-bond acceptors (Lipinski definition) is 6. The smallest absolute Gasteiger partial charge is 0.182 e. The minimum Gasteiger partial charge on any atom is -0.399 e. The number of nitrogens with zero attached hydrogens (tertiary/aromatic N) is 4. The highest BCUT2D eigenvalue weighted by Gasteiger charge is 2.10. The van der Waals surface area contributed by atoms with Gasteiger partial charge in [0.2, 0.25) is 0 Å². The predicted octanol–water partition coefficient (Wildman–Crippen LogP) is 1.18. The van der Waals surface area contributed by atoms with Gasteiger partial charge < -0.3 is 16.2 Å². The van der Waals surface area contributed by atoms with Crippen LogP contribution >= 0.6 is 0 Å². The molecular formula is C13H20N6O. The summed E-state index contributed by atoms with van der Waals surface area (Å²) in [5.74, 6) is 1.15. The van der Waals surface area contributed by atoms with Gasteiger partial charge in [0.25, 0.3) is 0 Å². The molecule has 0 radical (unpaired) electrons. The molecule has 0 aliphatic rings. The second-order valence-electron chi connectivity index (χ2n) is 5.08. The molecule has 0 atom stereocenters. The Hall–Kier alpha value is -2.15. The zero-order chi connectivity index (χ0) is 14.5. The van der Waals surface area contributed by atoms with E-state index in [2.05, 4.69) is 29.4 Å². The predicted molar refractivity (Wildman–Crippen MR) is 77.7 cm³/mol. The second kappa shape index (κ2) is 6.33. The molecule has 1 aromatic heterocycles. The van der Waals surface area contributed by atoms with Crippen molar-refractivity contribution >= 4 is 11.4 Å². The summed E-state index contributed by atoms with van der Waals surface area (Å²) < 4.78 is 7.23. The van der Waals surface area contributed by atoms with E-state index in [1.54, 1.807) is 22.9 Å². The Morgan fingerprint density at radius 1 is 1.20 bits per heavy atom. The number of nitrogen functional groups attached to an aromatic ring is 2. The van der Waals surface area contributed by atoms with Crippen molar-refractivity contribution in [2.24, 2.45) is 5.92 Å². The third-order valence-corrected chi connectivity index (χ3v) is 2.67. The van der Waals surface area contributed by atoms with Gasteiger partial charge in [0.1, 0.15) is 0 Å². The lowest BCUT2D eigenvalue weighted by molar-refractivity contribution is 0.101. The number of nitrogens with two attached hydrogens (primary N) is 2. The van der Waals surface area contributed by atoms with Crippen LogP contribution in [0.1, 0.15) is 13.8 Å². The van der Waals surface area contributed by atoms with E-state index in [4.69, 9.17) is 16.2 Å². The molecule has 7 nitrogen and oxygen atoms in total. The number of rotatable bonds is 6. The Bertz CT molecular complexity index is 545. The van der Waals surface area contributed by atoms with Crippen molar-refractivity contribution < 1.29 is 4.74 Å². The summed E-state index contributed by atoms with van der Waals surface area (Å²) in [5, 5.41) is 11.7. The molecule has 2 rings (SSSR count). The van der Waals surface area contributed by atoms with Crippen LogP contribution in [0.3, 0.4) is 0 Å². The molecule has 7 heteroatoms. The first-order valence-corrected chi connectivity index (χ1v) is 6.56. The minimum atomic E-state index is 0.511. The number of hydrogen-bond donors (Lipinski definition) is 2. The standard InChI is InChI=1S/C13H20N6O/c1-9(2)8-20-4-3-19-13(16-17-18-19)10-5-11(14)7-12(15)6-10/h5-7,9H,3-4,8,14-15H2,1-2H3. The first-order valence-electron chi connectivity index (χ1n) is 6.56. The van der Waals surface area contributed by atoms with E-state index in [9.17, 15) is 0 Å². The van der Waals surface area contributed by atoms with Crippen molar-refractivity contribution in [3.63, 3.8) is 0 Å². The van der Waals surface area contributed by atoms with E-state index in [1.165, 1.54) is 0 Å². The summed E-state index contributed by atoms with van der Waals surface area (Å²) in [7, 11) is 0. The molecule has 0 aliphatic heterocycles. The number of tetrazole rings is 1. The van der Waals surface area contributed by atoms with Gasteiger partial charge in [-0.05, 0) is 34.5 Å². The number of ether oxygens (including phenoxy) is 1. The minimum absolute atomic E-state index is 0.511. The van der Waals surface area contributed by atoms with Crippen LogP contribution in [0.2, 0.25) is 0 Å². The fourth-order valence-corrected chi connectivity index (χ4v) is 1.84. The Balaban J connectivity index is 2.08. The van der Waals surface area contributed by atoms with Gasteiger partial charge in [-0.15, -0.1) is 5.10 Å². The molecular weight excluding hydrogens is 256 g/mol. The molecule has 1 aromatic carbocycles. The van der Waals surface area contributed by atoms with Crippen LogP contribution in [0.5, 0.6) is 0 Å². The number of anilines is 2. The van der Waals surface area contributed by atoms with Gasteiger partial charge >= 0.3 is 0 Å². The molecule has 20 heavy (non-hydrogen) atoms. The Kier molecular flexibility index (Phi) is 4.52. The lowest BCUT2D eigenvalue weighted by Crippen LogP contribution is -2.11. The molecule has 0 unspecified atom stereocenters. The topological polar surface area (TPSA) is 105 Å². The first-order chi connectivity index (χ1) is 9.56. The monoisotopic (exact) mass is 276 g/mol. The zero-order valence-corrected chi connectivity index (χ0v) is 11.8.